The molecule has 4 nitrogen and oxygen atoms in total. The molecule has 0 rings (SSSR count). The molecule has 0 amide bonds. The van der Waals surface area contributed by atoms with Crippen LogP contribution in [0.15, 0.2) is 0 Å². The van der Waals surface area contributed by atoms with Crippen molar-refractivity contribution in [1.29, 1.82) is 0 Å². The molecular weight excluding hydrogens is 230 g/mol. The highest BCUT2D eigenvalue weighted by Gasteiger charge is 2.22. The summed E-state index contributed by atoms with van der Waals surface area (Å²) in [6, 6.07) is -0.0313. The Balaban J connectivity index is 4.20. The number of carbonyl (C=O) groups excluding carboxylic acids is 1. The molecule has 0 fully saturated rings. The second-order valence-electron chi connectivity index (χ2n) is 5.38. The first-order valence-corrected chi connectivity index (χ1v) is 6.89. The fraction of sp³-hybridized carbons (Fsp3) is 0.929. The van der Waals surface area contributed by atoms with Gasteiger partial charge in [-0.2, -0.15) is 0 Å². The van der Waals surface area contributed by atoms with Crippen LogP contribution >= 0.6 is 0 Å². The molecule has 0 aromatic rings. The fourth-order valence-corrected chi connectivity index (χ4v) is 1.47. The minimum absolute atomic E-state index is 0.128. The summed E-state index contributed by atoms with van der Waals surface area (Å²) in [5, 5.41) is 3.21. The largest absolute Gasteiger partial charge is 0.465 e. The molecule has 0 spiro atoms. The van der Waals surface area contributed by atoms with E-state index < -0.39 is 0 Å². The number of rotatable bonds is 9. The van der Waals surface area contributed by atoms with Gasteiger partial charge in [-0.1, -0.05) is 20.8 Å². The Kier molecular flexibility index (Phi) is 8.20. The lowest BCUT2D eigenvalue weighted by molar-refractivity contribution is -0.146. The molecule has 0 heterocycles. The second-order valence-corrected chi connectivity index (χ2v) is 5.38. The van der Waals surface area contributed by atoms with E-state index in [0.29, 0.717) is 19.6 Å². The highest BCUT2D eigenvalue weighted by atomic mass is 16.5. The first-order valence-electron chi connectivity index (χ1n) is 6.89. The average molecular weight is 259 g/mol. The number of esters is 1. The summed E-state index contributed by atoms with van der Waals surface area (Å²) in [5.74, 6) is -0.191. The molecule has 18 heavy (non-hydrogen) atoms. The Morgan fingerprint density at radius 2 is 1.89 bits per heavy atom. The van der Waals surface area contributed by atoms with Crippen molar-refractivity contribution in [3.05, 3.63) is 0 Å². The third-order valence-electron chi connectivity index (χ3n) is 2.86. The van der Waals surface area contributed by atoms with Crippen molar-refractivity contribution in [2.45, 2.75) is 72.1 Å². The molecule has 0 aliphatic carbocycles. The lowest BCUT2D eigenvalue weighted by Crippen LogP contribution is -2.43. The number of carbonyl (C=O) groups is 1. The Bertz CT molecular complexity index is 239. The molecule has 0 saturated heterocycles. The quantitative estimate of drug-likeness (QED) is 0.646. The summed E-state index contributed by atoms with van der Waals surface area (Å²) in [6.45, 7) is 13.0. The normalized spacial score (nSPS) is 13.7. The SMILES string of the molecule is CCOC(=O)C(CCOC(C)(C)CC)NC(C)C. The molecule has 0 bridgehead atoms. The van der Waals surface area contributed by atoms with E-state index in [2.05, 4.69) is 26.1 Å². The fourth-order valence-electron chi connectivity index (χ4n) is 1.47. The molecule has 4 heteroatoms. The number of hydrogen-bond acceptors (Lipinski definition) is 4. The maximum Gasteiger partial charge on any atom is 0.323 e. The van der Waals surface area contributed by atoms with Crippen LogP contribution in [-0.2, 0) is 14.3 Å². The molecule has 0 aromatic heterocycles. The van der Waals surface area contributed by atoms with Crippen molar-refractivity contribution < 1.29 is 14.3 Å². The molecule has 0 aromatic carbocycles. The van der Waals surface area contributed by atoms with Crippen LogP contribution in [0.5, 0.6) is 0 Å². The monoisotopic (exact) mass is 259 g/mol. The minimum Gasteiger partial charge on any atom is -0.465 e. The van der Waals surface area contributed by atoms with Gasteiger partial charge in [0.1, 0.15) is 6.04 Å². The van der Waals surface area contributed by atoms with Crippen molar-refractivity contribution in [2.24, 2.45) is 0 Å². The first-order chi connectivity index (χ1) is 8.32. The van der Waals surface area contributed by atoms with Gasteiger partial charge < -0.3 is 14.8 Å². The highest BCUT2D eigenvalue weighted by Crippen LogP contribution is 2.14. The predicted molar refractivity (Wildman–Crippen MR) is 73.6 cm³/mol. The minimum atomic E-state index is -0.280. The van der Waals surface area contributed by atoms with Gasteiger partial charge in [-0.05, 0) is 33.6 Å². The Morgan fingerprint density at radius 3 is 2.33 bits per heavy atom. The van der Waals surface area contributed by atoms with Crippen LogP contribution in [0.3, 0.4) is 0 Å². The average Bonchev–Trinajstić information content (AvgIpc) is 2.27. The van der Waals surface area contributed by atoms with Crippen molar-refractivity contribution in [2.75, 3.05) is 13.2 Å². The molecule has 0 saturated carbocycles. The molecular formula is C14H29NO3. The predicted octanol–water partition coefficient (Wildman–Crippen LogP) is 2.51. The van der Waals surface area contributed by atoms with Gasteiger partial charge >= 0.3 is 5.97 Å². The van der Waals surface area contributed by atoms with Crippen LogP contribution < -0.4 is 5.32 Å². The lowest BCUT2D eigenvalue weighted by Gasteiger charge is -2.25. The van der Waals surface area contributed by atoms with Crippen molar-refractivity contribution in [3.8, 4) is 0 Å². The molecule has 0 aliphatic heterocycles. The molecule has 1 N–H and O–H groups in total. The molecule has 0 aliphatic rings. The molecule has 1 unspecified atom stereocenters. The van der Waals surface area contributed by atoms with Gasteiger partial charge in [-0.15, -0.1) is 0 Å². The maximum atomic E-state index is 11.8. The van der Waals surface area contributed by atoms with E-state index in [1.165, 1.54) is 0 Å². The van der Waals surface area contributed by atoms with Crippen molar-refractivity contribution >= 4 is 5.97 Å². The summed E-state index contributed by atoms with van der Waals surface area (Å²) in [6.07, 6.45) is 1.59. The zero-order valence-corrected chi connectivity index (χ0v) is 12.7. The van der Waals surface area contributed by atoms with Crippen LogP contribution in [0.25, 0.3) is 0 Å². The zero-order valence-electron chi connectivity index (χ0n) is 12.7. The molecule has 108 valence electrons. The van der Waals surface area contributed by atoms with Gasteiger partial charge in [0, 0.05) is 12.6 Å². The Hall–Kier alpha value is -0.610. The maximum absolute atomic E-state index is 11.8. The third kappa shape index (κ3) is 7.67. The van der Waals surface area contributed by atoms with Crippen LogP contribution in [0, 0.1) is 0 Å². The van der Waals surface area contributed by atoms with Gasteiger partial charge in [0.05, 0.1) is 12.2 Å². The van der Waals surface area contributed by atoms with Crippen molar-refractivity contribution in [3.63, 3.8) is 0 Å². The Labute approximate surface area is 111 Å². The number of nitrogens with one attached hydrogen (secondary N) is 1. The second kappa shape index (κ2) is 8.48. The first kappa shape index (κ1) is 17.4. The van der Waals surface area contributed by atoms with E-state index >= 15 is 0 Å². The number of ether oxygens (including phenoxy) is 2. The van der Waals surface area contributed by atoms with E-state index in [1.807, 2.05) is 20.8 Å². The molecule has 1 atom stereocenters. The van der Waals surface area contributed by atoms with Crippen LogP contribution in [0.1, 0.15) is 54.4 Å². The smallest absolute Gasteiger partial charge is 0.323 e. The zero-order chi connectivity index (χ0) is 14.2. The summed E-state index contributed by atoms with van der Waals surface area (Å²) in [4.78, 5) is 11.8. The van der Waals surface area contributed by atoms with E-state index in [-0.39, 0.29) is 23.7 Å². The third-order valence-corrected chi connectivity index (χ3v) is 2.86. The summed E-state index contributed by atoms with van der Waals surface area (Å²) in [7, 11) is 0. The van der Waals surface area contributed by atoms with E-state index in [0.717, 1.165) is 6.42 Å². The van der Waals surface area contributed by atoms with E-state index in [1.54, 1.807) is 0 Å². The van der Waals surface area contributed by atoms with E-state index in [4.69, 9.17) is 9.47 Å². The standard InChI is InChI=1S/C14H29NO3/c1-7-14(5,6)18-10-9-12(15-11(3)4)13(16)17-8-2/h11-12,15H,7-10H2,1-6H3. The molecule has 0 radical (unpaired) electrons. The number of hydrogen-bond donors (Lipinski definition) is 1. The highest BCUT2D eigenvalue weighted by molar-refractivity contribution is 5.75. The van der Waals surface area contributed by atoms with E-state index in [9.17, 15) is 4.79 Å². The Morgan fingerprint density at radius 1 is 1.28 bits per heavy atom. The van der Waals surface area contributed by atoms with Gasteiger partial charge in [0.25, 0.3) is 0 Å². The van der Waals surface area contributed by atoms with Crippen molar-refractivity contribution in [1.82, 2.24) is 5.32 Å². The van der Waals surface area contributed by atoms with Gasteiger partial charge in [-0.3, -0.25) is 4.79 Å². The summed E-state index contributed by atoms with van der Waals surface area (Å²) < 4.78 is 10.8. The van der Waals surface area contributed by atoms with Gasteiger partial charge in [0.15, 0.2) is 0 Å². The summed E-state index contributed by atoms with van der Waals surface area (Å²) >= 11 is 0. The topological polar surface area (TPSA) is 47.6 Å². The van der Waals surface area contributed by atoms with Crippen LogP contribution in [-0.4, -0.2) is 36.9 Å². The summed E-state index contributed by atoms with van der Waals surface area (Å²) in [5.41, 5.74) is -0.128. The van der Waals surface area contributed by atoms with Gasteiger partial charge in [0.2, 0.25) is 0 Å². The lowest BCUT2D eigenvalue weighted by atomic mass is 10.1. The van der Waals surface area contributed by atoms with Crippen LogP contribution in [0.2, 0.25) is 0 Å². The van der Waals surface area contributed by atoms with Crippen LogP contribution in [0.4, 0.5) is 0 Å². The van der Waals surface area contributed by atoms with Gasteiger partial charge in [-0.25, -0.2) is 0 Å².